The molecule has 0 aliphatic rings. The monoisotopic (exact) mass is 239 g/mol. The molecular formula is C14H22FNO. The summed E-state index contributed by atoms with van der Waals surface area (Å²) in [6.45, 7) is 10.6. The summed E-state index contributed by atoms with van der Waals surface area (Å²) in [6.07, 6.45) is -0.0643. The molecule has 0 aliphatic heterocycles. The SMILES string of the molecule is Cc1cccc(OC(C)CNC(C)(C)C)c1F. The summed E-state index contributed by atoms with van der Waals surface area (Å²) in [4.78, 5) is 0. The maximum atomic E-state index is 13.7. The molecule has 2 nitrogen and oxygen atoms in total. The molecule has 0 radical (unpaired) electrons. The smallest absolute Gasteiger partial charge is 0.167 e. The molecule has 0 aliphatic carbocycles. The van der Waals surface area contributed by atoms with Crippen LogP contribution in [0.15, 0.2) is 18.2 Å². The van der Waals surface area contributed by atoms with E-state index in [9.17, 15) is 4.39 Å². The lowest BCUT2D eigenvalue weighted by atomic mass is 10.1. The summed E-state index contributed by atoms with van der Waals surface area (Å²) in [5, 5.41) is 3.33. The number of hydrogen-bond acceptors (Lipinski definition) is 2. The van der Waals surface area contributed by atoms with Gasteiger partial charge in [0.2, 0.25) is 0 Å². The highest BCUT2D eigenvalue weighted by molar-refractivity contribution is 5.30. The van der Waals surface area contributed by atoms with Crippen molar-refractivity contribution in [2.45, 2.75) is 46.3 Å². The lowest BCUT2D eigenvalue weighted by Crippen LogP contribution is -2.41. The first kappa shape index (κ1) is 14.0. The van der Waals surface area contributed by atoms with Crippen molar-refractivity contribution < 1.29 is 9.13 Å². The van der Waals surface area contributed by atoms with Gasteiger partial charge in [-0.15, -0.1) is 0 Å². The molecule has 0 spiro atoms. The minimum Gasteiger partial charge on any atom is -0.486 e. The molecule has 1 rings (SSSR count). The summed E-state index contributed by atoms with van der Waals surface area (Å²) in [5.41, 5.74) is 0.654. The number of hydrogen-bond donors (Lipinski definition) is 1. The van der Waals surface area contributed by atoms with E-state index in [2.05, 4.69) is 26.1 Å². The zero-order valence-electron chi connectivity index (χ0n) is 11.3. The minimum atomic E-state index is -0.268. The quantitative estimate of drug-likeness (QED) is 0.870. The van der Waals surface area contributed by atoms with Gasteiger partial charge in [0.1, 0.15) is 6.10 Å². The molecule has 0 bridgehead atoms. The van der Waals surface area contributed by atoms with Gasteiger partial charge >= 0.3 is 0 Å². The van der Waals surface area contributed by atoms with Gasteiger partial charge in [-0.3, -0.25) is 0 Å². The molecule has 1 aromatic carbocycles. The van der Waals surface area contributed by atoms with E-state index in [1.165, 1.54) is 0 Å². The Kier molecular flexibility index (Phi) is 4.52. The average molecular weight is 239 g/mol. The van der Waals surface area contributed by atoms with Gasteiger partial charge < -0.3 is 10.1 Å². The first-order valence-corrected chi connectivity index (χ1v) is 5.96. The molecule has 17 heavy (non-hydrogen) atoms. The van der Waals surface area contributed by atoms with Crippen LogP contribution >= 0.6 is 0 Å². The van der Waals surface area contributed by atoms with Crippen molar-refractivity contribution in [1.82, 2.24) is 5.32 Å². The topological polar surface area (TPSA) is 21.3 Å². The van der Waals surface area contributed by atoms with Gasteiger partial charge in [-0.05, 0) is 46.2 Å². The molecule has 1 atom stereocenters. The van der Waals surface area contributed by atoms with Gasteiger partial charge in [0.05, 0.1) is 0 Å². The summed E-state index contributed by atoms with van der Waals surface area (Å²) in [5.74, 6) is 0.0586. The Balaban J connectivity index is 2.56. The van der Waals surface area contributed by atoms with Crippen molar-refractivity contribution in [1.29, 1.82) is 0 Å². The number of rotatable bonds is 4. The molecule has 1 aromatic rings. The lowest BCUT2D eigenvalue weighted by Gasteiger charge is -2.24. The van der Waals surface area contributed by atoms with Crippen LogP contribution in [0.2, 0.25) is 0 Å². The maximum absolute atomic E-state index is 13.7. The Bertz CT molecular complexity index is 371. The van der Waals surface area contributed by atoms with Gasteiger partial charge in [-0.1, -0.05) is 12.1 Å². The van der Waals surface area contributed by atoms with Gasteiger partial charge in [0.15, 0.2) is 11.6 Å². The Morgan fingerprint density at radius 3 is 2.59 bits per heavy atom. The normalized spacial score (nSPS) is 13.5. The average Bonchev–Trinajstić information content (AvgIpc) is 2.21. The standard InChI is InChI=1S/C14H22FNO/c1-10-7-6-8-12(13(10)15)17-11(2)9-16-14(3,4)5/h6-8,11,16H,9H2,1-5H3. The minimum absolute atomic E-state index is 0.0444. The van der Waals surface area contributed by atoms with Crippen LogP contribution in [0.5, 0.6) is 5.75 Å². The van der Waals surface area contributed by atoms with Crippen LogP contribution in [0.1, 0.15) is 33.3 Å². The van der Waals surface area contributed by atoms with Crippen molar-refractivity contribution in [2.75, 3.05) is 6.54 Å². The van der Waals surface area contributed by atoms with Crippen LogP contribution in [0.25, 0.3) is 0 Å². The van der Waals surface area contributed by atoms with E-state index in [0.717, 1.165) is 0 Å². The highest BCUT2D eigenvalue weighted by Crippen LogP contribution is 2.20. The van der Waals surface area contributed by atoms with E-state index in [1.807, 2.05) is 6.92 Å². The number of halogens is 1. The molecule has 0 aromatic heterocycles. The largest absolute Gasteiger partial charge is 0.486 e. The third-order valence-electron chi connectivity index (χ3n) is 2.40. The molecule has 0 saturated heterocycles. The molecule has 0 fully saturated rings. The predicted molar refractivity (Wildman–Crippen MR) is 69.0 cm³/mol. The molecule has 1 unspecified atom stereocenters. The summed E-state index contributed by atoms with van der Waals surface area (Å²) >= 11 is 0. The Hall–Kier alpha value is -1.09. The fourth-order valence-electron chi connectivity index (χ4n) is 1.42. The second-order valence-electron chi connectivity index (χ2n) is 5.45. The first-order valence-electron chi connectivity index (χ1n) is 5.96. The molecule has 0 amide bonds. The maximum Gasteiger partial charge on any atom is 0.167 e. The van der Waals surface area contributed by atoms with Crippen LogP contribution in [0.4, 0.5) is 4.39 Å². The Morgan fingerprint density at radius 2 is 2.00 bits per heavy atom. The summed E-state index contributed by atoms with van der Waals surface area (Å²) in [6, 6.07) is 5.20. The number of nitrogens with one attached hydrogen (secondary N) is 1. The number of aryl methyl sites for hydroxylation is 1. The van der Waals surface area contributed by atoms with Crippen LogP contribution < -0.4 is 10.1 Å². The second kappa shape index (κ2) is 5.50. The van der Waals surface area contributed by atoms with Crippen molar-refractivity contribution in [3.05, 3.63) is 29.6 Å². The van der Waals surface area contributed by atoms with E-state index in [-0.39, 0.29) is 17.5 Å². The zero-order chi connectivity index (χ0) is 13.1. The highest BCUT2D eigenvalue weighted by Gasteiger charge is 2.13. The molecular weight excluding hydrogens is 217 g/mol. The fourth-order valence-corrected chi connectivity index (χ4v) is 1.42. The predicted octanol–water partition coefficient (Wildman–Crippen LogP) is 3.29. The van der Waals surface area contributed by atoms with E-state index in [4.69, 9.17) is 4.74 Å². The van der Waals surface area contributed by atoms with E-state index >= 15 is 0 Å². The van der Waals surface area contributed by atoms with Crippen molar-refractivity contribution in [3.63, 3.8) is 0 Å². The molecule has 96 valence electrons. The zero-order valence-corrected chi connectivity index (χ0v) is 11.3. The number of benzene rings is 1. The van der Waals surface area contributed by atoms with Gasteiger partial charge in [0, 0.05) is 12.1 Å². The van der Waals surface area contributed by atoms with E-state index < -0.39 is 0 Å². The van der Waals surface area contributed by atoms with Crippen molar-refractivity contribution >= 4 is 0 Å². The third-order valence-corrected chi connectivity index (χ3v) is 2.40. The highest BCUT2D eigenvalue weighted by atomic mass is 19.1. The first-order chi connectivity index (χ1) is 7.79. The van der Waals surface area contributed by atoms with Crippen molar-refractivity contribution in [2.24, 2.45) is 0 Å². The third kappa shape index (κ3) is 4.73. The molecule has 0 heterocycles. The van der Waals surface area contributed by atoms with Gasteiger partial charge in [0.25, 0.3) is 0 Å². The lowest BCUT2D eigenvalue weighted by molar-refractivity contribution is 0.195. The van der Waals surface area contributed by atoms with Crippen LogP contribution in [0, 0.1) is 12.7 Å². The van der Waals surface area contributed by atoms with Crippen molar-refractivity contribution in [3.8, 4) is 5.75 Å². The number of ether oxygens (including phenoxy) is 1. The van der Waals surface area contributed by atoms with Crippen LogP contribution in [-0.2, 0) is 0 Å². The summed E-state index contributed by atoms with van der Waals surface area (Å²) < 4.78 is 19.3. The van der Waals surface area contributed by atoms with Gasteiger partial charge in [-0.25, -0.2) is 4.39 Å². The van der Waals surface area contributed by atoms with Crippen LogP contribution in [-0.4, -0.2) is 18.2 Å². The van der Waals surface area contributed by atoms with E-state index in [0.29, 0.717) is 17.9 Å². The Morgan fingerprint density at radius 1 is 1.35 bits per heavy atom. The Labute approximate surface area is 103 Å². The van der Waals surface area contributed by atoms with E-state index in [1.54, 1.807) is 25.1 Å². The summed E-state index contributed by atoms with van der Waals surface area (Å²) in [7, 11) is 0. The molecule has 3 heteroatoms. The second-order valence-corrected chi connectivity index (χ2v) is 5.45. The molecule has 0 saturated carbocycles. The van der Waals surface area contributed by atoms with Crippen LogP contribution in [0.3, 0.4) is 0 Å². The fraction of sp³-hybridized carbons (Fsp3) is 0.571. The van der Waals surface area contributed by atoms with Gasteiger partial charge in [-0.2, -0.15) is 0 Å². The molecule has 1 N–H and O–H groups in total.